The molecule has 38 heavy (non-hydrogen) atoms. The number of thiophene rings is 1. The lowest BCUT2D eigenvalue weighted by Crippen LogP contribution is -2.44. The molecule has 0 saturated carbocycles. The van der Waals surface area contributed by atoms with Gasteiger partial charge in [-0.1, -0.05) is 23.7 Å². The van der Waals surface area contributed by atoms with E-state index in [2.05, 4.69) is 20.3 Å². The van der Waals surface area contributed by atoms with Gasteiger partial charge in [0.15, 0.2) is 5.78 Å². The average molecular weight is 548 g/mol. The molecule has 0 fully saturated rings. The van der Waals surface area contributed by atoms with Crippen LogP contribution in [0.2, 0.25) is 5.02 Å². The van der Waals surface area contributed by atoms with E-state index in [0.717, 1.165) is 11.3 Å². The monoisotopic (exact) mass is 547 g/mol. The Bertz CT molecular complexity index is 1510. The van der Waals surface area contributed by atoms with Crippen molar-refractivity contribution in [2.24, 2.45) is 0 Å². The molecule has 11 heteroatoms. The van der Waals surface area contributed by atoms with Crippen LogP contribution in [0.5, 0.6) is 5.88 Å². The summed E-state index contributed by atoms with van der Waals surface area (Å²) in [6.45, 7) is 0.143. The Hall–Kier alpha value is -4.15. The zero-order valence-corrected chi connectivity index (χ0v) is 21.8. The van der Waals surface area contributed by atoms with Gasteiger partial charge in [0.05, 0.1) is 28.6 Å². The topological polar surface area (TPSA) is 114 Å². The van der Waals surface area contributed by atoms with Crippen LogP contribution in [-0.2, 0) is 24.2 Å². The number of ether oxygens (including phenoxy) is 1. The predicted molar refractivity (Wildman–Crippen MR) is 143 cm³/mol. The zero-order chi connectivity index (χ0) is 26.6. The maximum absolute atomic E-state index is 13.6. The second kappa shape index (κ2) is 11.1. The van der Waals surface area contributed by atoms with Crippen LogP contribution < -0.4 is 10.1 Å². The predicted octanol–water partition coefficient (Wildman–Crippen LogP) is 4.23. The summed E-state index contributed by atoms with van der Waals surface area (Å²) in [6.07, 6.45) is 3.43. The van der Waals surface area contributed by atoms with Crippen LogP contribution in [0.15, 0.2) is 66.4 Å². The summed E-state index contributed by atoms with van der Waals surface area (Å²) in [7, 11) is 1.46. The zero-order valence-electron chi connectivity index (χ0n) is 20.3. The van der Waals surface area contributed by atoms with Gasteiger partial charge in [-0.05, 0) is 46.8 Å². The van der Waals surface area contributed by atoms with Gasteiger partial charge in [-0.25, -0.2) is 9.97 Å². The molecule has 1 aromatic carbocycles. The van der Waals surface area contributed by atoms with Crippen LogP contribution in [0.4, 0.5) is 5.82 Å². The minimum Gasteiger partial charge on any atom is -0.481 e. The molecular formula is C27H22ClN5O4S. The quantitative estimate of drug-likeness (QED) is 0.368. The van der Waals surface area contributed by atoms with Crippen molar-refractivity contribution in [1.82, 2.24) is 19.9 Å². The minimum absolute atomic E-state index is 0.0523. The third kappa shape index (κ3) is 5.41. The summed E-state index contributed by atoms with van der Waals surface area (Å²) in [4.78, 5) is 54.2. The molecule has 1 unspecified atom stereocenters. The van der Waals surface area contributed by atoms with Crippen molar-refractivity contribution >= 4 is 46.4 Å². The maximum Gasteiger partial charge on any atom is 0.265 e. The standard InChI is InChI=1S/C27H22ClN5O4S/c1-37-24-13-23(30-15-31-24)32-26(35)19-6-5-16(10-20(19)28)14-33-21(12-18-4-2-3-8-29-18)22(34)11-17-7-9-38-25(17)27(33)36/h2-10,13,15,21H,11-12,14H2,1H3,(H,30,31,32,35). The van der Waals surface area contributed by atoms with Gasteiger partial charge < -0.3 is 15.0 Å². The Morgan fingerprint density at radius 1 is 1.16 bits per heavy atom. The molecule has 0 aliphatic carbocycles. The third-order valence-corrected chi connectivity index (χ3v) is 7.42. The van der Waals surface area contributed by atoms with Crippen molar-refractivity contribution < 1.29 is 19.1 Å². The van der Waals surface area contributed by atoms with E-state index in [0.29, 0.717) is 22.7 Å². The van der Waals surface area contributed by atoms with E-state index >= 15 is 0 Å². The number of hydrogen-bond acceptors (Lipinski definition) is 8. The number of amides is 2. The van der Waals surface area contributed by atoms with E-state index in [4.69, 9.17) is 16.3 Å². The molecule has 5 rings (SSSR count). The molecule has 9 nitrogen and oxygen atoms in total. The number of halogens is 1. The number of Topliss-reactive ketones (excluding diaryl/α,β-unsaturated/α-hetero) is 1. The normalized spacial score (nSPS) is 15.1. The molecule has 1 atom stereocenters. The lowest BCUT2D eigenvalue weighted by atomic mass is 10.0. The molecule has 1 aliphatic heterocycles. The summed E-state index contributed by atoms with van der Waals surface area (Å²) >= 11 is 7.82. The Morgan fingerprint density at radius 3 is 2.79 bits per heavy atom. The van der Waals surface area contributed by atoms with Crippen molar-refractivity contribution in [3.8, 4) is 5.88 Å². The van der Waals surface area contributed by atoms with E-state index in [1.165, 1.54) is 30.8 Å². The fraction of sp³-hybridized carbons (Fsp3) is 0.185. The number of nitrogens with one attached hydrogen (secondary N) is 1. The van der Waals surface area contributed by atoms with Gasteiger partial charge >= 0.3 is 0 Å². The van der Waals surface area contributed by atoms with Crippen LogP contribution in [0.3, 0.4) is 0 Å². The summed E-state index contributed by atoms with van der Waals surface area (Å²) in [5.41, 5.74) is 2.38. The van der Waals surface area contributed by atoms with E-state index in [-0.39, 0.29) is 41.1 Å². The lowest BCUT2D eigenvalue weighted by Gasteiger charge is -2.29. The van der Waals surface area contributed by atoms with E-state index in [1.54, 1.807) is 35.4 Å². The molecule has 3 aromatic heterocycles. The van der Waals surface area contributed by atoms with Crippen LogP contribution >= 0.6 is 22.9 Å². The van der Waals surface area contributed by atoms with Crippen LogP contribution in [0.25, 0.3) is 0 Å². The number of aromatic nitrogens is 3. The van der Waals surface area contributed by atoms with Gasteiger partial charge in [-0.2, -0.15) is 0 Å². The molecule has 192 valence electrons. The van der Waals surface area contributed by atoms with Gasteiger partial charge in [0.1, 0.15) is 12.1 Å². The number of fused-ring (bicyclic) bond motifs is 1. The van der Waals surface area contributed by atoms with Crippen molar-refractivity contribution in [1.29, 1.82) is 0 Å². The Balaban J connectivity index is 1.40. The molecule has 4 heterocycles. The number of methoxy groups -OCH3 is 1. The third-order valence-electron chi connectivity index (χ3n) is 6.17. The maximum atomic E-state index is 13.6. The lowest BCUT2D eigenvalue weighted by molar-refractivity contribution is -0.122. The second-order valence-corrected chi connectivity index (χ2v) is 9.93. The molecule has 0 radical (unpaired) electrons. The molecule has 1 N–H and O–H groups in total. The molecule has 0 saturated heterocycles. The molecular weight excluding hydrogens is 526 g/mol. The van der Waals surface area contributed by atoms with Crippen molar-refractivity contribution in [3.05, 3.63) is 98.7 Å². The van der Waals surface area contributed by atoms with Crippen LogP contribution in [0, 0.1) is 0 Å². The number of rotatable bonds is 7. The number of hydrogen-bond donors (Lipinski definition) is 1. The van der Waals surface area contributed by atoms with Gasteiger partial charge in [0.25, 0.3) is 11.8 Å². The number of carbonyl (C=O) groups excluding carboxylic acids is 3. The van der Waals surface area contributed by atoms with Crippen molar-refractivity contribution in [3.63, 3.8) is 0 Å². The van der Waals surface area contributed by atoms with Gasteiger partial charge in [-0.3, -0.25) is 19.4 Å². The number of anilines is 1. The highest BCUT2D eigenvalue weighted by Gasteiger charge is 2.36. The molecule has 0 spiro atoms. The molecule has 2 amide bonds. The fourth-order valence-electron chi connectivity index (χ4n) is 4.28. The number of pyridine rings is 1. The summed E-state index contributed by atoms with van der Waals surface area (Å²) in [5, 5.41) is 4.69. The highest BCUT2D eigenvalue weighted by molar-refractivity contribution is 7.12. The first kappa shape index (κ1) is 25.5. The average Bonchev–Trinajstić information content (AvgIpc) is 3.36. The molecule has 0 bridgehead atoms. The first-order valence-electron chi connectivity index (χ1n) is 11.7. The number of carbonyl (C=O) groups is 3. The Morgan fingerprint density at radius 2 is 2.03 bits per heavy atom. The number of nitrogens with zero attached hydrogens (tertiary/aromatic N) is 4. The van der Waals surface area contributed by atoms with E-state index < -0.39 is 11.9 Å². The summed E-state index contributed by atoms with van der Waals surface area (Å²) < 4.78 is 5.05. The Kier molecular flexibility index (Phi) is 7.43. The Labute approximate surface area is 227 Å². The van der Waals surface area contributed by atoms with Crippen molar-refractivity contribution in [2.75, 3.05) is 12.4 Å². The van der Waals surface area contributed by atoms with Gasteiger partial charge in [0, 0.05) is 37.3 Å². The fourth-order valence-corrected chi connectivity index (χ4v) is 5.44. The highest BCUT2D eigenvalue weighted by atomic mass is 35.5. The van der Waals surface area contributed by atoms with E-state index in [9.17, 15) is 14.4 Å². The number of benzene rings is 1. The van der Waals surface area contributed by atoms with Crippen LogP contribution in [-0.4, -0.2) is 50.6 Å². The molecule has 1 aliphatic rings. The molecule has 4 aromatic rings. The first-order chi connectivity index (χ1) is 18.4. The number of ketones is 1. The van der Waals surface area contributed by atoms with E-state index in [1.807, 2.05) is 23.6 Å². The first-order valence-corrected chi connectivity index (χ1v) is 12.9. The highest BCUT2D eigenvalue weighted by Crippen LogP contribution is 2.29. The SMILES string of the molecule is COc1cc(NC(=O)c2ccc(CN3C(=O)c4sccc4CC(=O)C3Cc3ccccn3)cc2Cl)ncn1. The van der Waals surface area contributed by atoms with Gasteiger partial charge in [-0.15, -0.1) is 11.3 Å². The van der Waals surface area contributed by atoms with Crippen molar-refractivity contribution in [2.45, 2.75) is 25.4 Å². The minimum atomic E-state index is -0.688. The van der Waals surface area contributed by atoms with Gasteiger partial charge in [0.2, 0.25) is 5.88 Å². The second-order valence-electron chi connectivity index (χ2n) is 8.61. The summed E-state index contributed by atoms with van der Waals surface area (Å²) in [6, 6.07) is 13.1. The largest absolute Gasteiger partial charge is 0.481 e. The summed E-state index contributed by atoms with van der Waals surface area (Å²) in [5.74, 6) is -0.150. The van der Waals surface area contributed by atoms with Crippen LogP contribution in [0.1, 0.15) is 36.9 Å². The smallest absolute Gasteiger partial charge is 0.265 e.